The SMILES string of the molecule is CC=C(NOCCn1ccc2c(C(=O)O)cccc21)c1ccc(-c2ccccc2)cc1. The fraction of sp³-hybridized carbons (Fsp3) is 0.115. The van der Waals surface area contributed by atoms with Gasteiger partial charge in [0, 0.05) is 23.6 Å². The van der Waals surface area contributed by atoms with Gasteiger partial charge < -0.3 is 9.67 Å². The number of carboxylic acids is 1. The number of aromatic carboxylic acids is 1. The Labute approximate surface area is 181 Å². The Bertz CT molecular complexity index is 1210. The summed E-state index contributed by atoms with van der Waals surface area (Å²) in [4.78, 5) is 17.1. The van der Waals surface area contributed by atoms with Gasteiger partial charge in [0.2, 0.25) is 0 Å². The molecule has 5 nitrogen and oxygen atoms in total. The predicted molar refractivity (Wildman–Crippen MR) is 124 cm³/mol. The molecule has 2 N–H and O–H groups in total. The number of nitrogens with zero attached hydrogens (tertiary/aromatic N) is 1. The minimum atomic E-state index is -0.919. The van der Waals surface area contributed by atoms with Gasteiger partial charge in [0.05, 0.1) is 17.9 Å². The van der Waals surface area contributed by atoms with Gasteiger partial charge in [-0.1, -0.05) is 66.7 Å². The number of fused-ring (bicyclic) bond motifs is 1. The van der Waals surface area contributed by atoms with Gasteiger partial charge >= 0.3 is 5.97 Å². The highest BCUT2D eigenvalue weighted by Gasteiger charge is 2.10. The first-order valence-corrected chi connectivity index (χ1v) is 10.2. The van der Waals surface area contributed by atoms with Crippen molar-refractivity contribution >= 4 is 22.6 Å². The molecule has 0 amide bonds. The number of nitrogens with one attached hydrogen (secondary N) is 1. The van der Waals surface area contributed by atoms with Gasteiger partial charge in [-0.05, 0) is 41.8 Å². The molecule has 4 rings (SSSR count). The molecule has 0 bridgehead atoms. The quantitative estimate of drug-likeness (QED) is 0.293. The summed E-state index contributed by atoms with van der Waals surface area (Å²) in [6, 6.07) is 25.7. The maximum atomic E-state index is 11.4. The Morgan fingerprint density at radius 2 is 1.71 bits per heavy atom. The average Bonchev–Trinajstić information content (AvgIpc) is 3.23. The van der Waals surface area contributed by atoms with Crippen LogP contribution in [0.1, 0.15) is 22.8 Å². The first-order chi connectivity index (χ1) is 15.2. The van der Waals surface area contributed by atoms with E-state index in [2.05, 4.69) is 41.9 Å². The van der Waals surface area contributed by atoms with Crippen LogP contribution in [0.4, 0.5) is 0 Å². The van der Waals surface area contributed by atoms with E-state index in [1.807, 2.05) is 54.1 Å². The zero-order valence-electron chi connectivity index (χ0n) is 17.3. The van der Waals surface area contributed by atoms with E-state index < -0.39 is 5.97 Å². The molecule has 0 aliphatic carbocycles. The third-order valence-corrected chi connectivity index (χ3v) is 5.25. The lowest BCUT2D eigenvalue weighted by Gasteiger charge is -2.13. The van der Waals surface area contributed by atoms with E-state index in [1.165, 1.54) is 11.1 Å². The molecule has 1 heterocycles. The van der Waals surface area contributed by atoms with Crippen LogP contribution in [0.2, 0.25) is 0 Å². The molecule has 5 heteroatoms. The summed E-state index contributed by atoms with van der Waals surface area (Å²) in [7, 11) is 0. The second-order valence-corrected chi connectivity index (χ2v) is 7.15. The maximum absolute atomic E-state index is 11.4. The number of carboxylic acid groups (broad SMARTS) is 1. The number of rotatable bonds is 8. The number of carbonyl (C=O) groups is 1. The Kier molecular flexibility index (Phi) is 6.15. The molecule has 0 aliphatic heterocycles. The minimum Gasteiger partial charge on any atom is -0.478 e. The fourth-order valence-corrected chi connectivity index (χ4v) is 3.64. The Balaban J connectivity index is 1.36. The zero-order valence-corrected chi connectivity index (χ0v) is 17.3. The van der Waals surface area contributed by atoms with Crippen LogP contribution in [0.5, 0.6) is 0 Å². The molecule has 0 saturated carbocycles. The number of benzene rings is 3. The van der Waals surface area contributed by atoms with Crippen molar-refractivity contribution in [3.8, 4) is 11.1 Å². The van der Waals surface area contributed by atoms with Gasteiger partial charge in [-0.2, -0.15) is 0 Å². The second-order valence-electron chi connectivity index (χ2n) is 7.15. The first kappa shape index (κ1) is 20.4. The molecule has 1 aromatic heterocycles. The molecule has 156 valence electrons. The lowest BCUT2D eigenvalue weighted by Crippen LogP contribution is -2.16. The second kappa shape index (κ2) is 9.32. The van der Waals surface area contributed by atoms with Crippen LogP contribution in [-0.4, -0.2) is 22.2 Å². The summed E-state index contributed by atoms with van der Waals surface area (Å²) >= 11 is 0. The molecule has 0 atom stereocenters. The lowest BCUT2D eigenvalue weighted by molar-refractivity contribution is 0.0699. The zero-order chi connectivity index (χ0) is 21.6. The summed E-state index contributed by atoms with van der Waals surface area (Å²) in [6.45, 7) is 2.99. The van der Waals surface area contributed by atoms with Crippen LogP contribution in [-0.2, 0) is 11.4 Å². The summed E-state index contributed by atoms with van der Waals surface area (Å²) in [5.41, 5.74) is 8.52. The molecule has 4 aromatic rings. The van der Waals surface area contributed by atoms with Gasteiger partial charge in [-0.15, -0.1) is 0 Å². The smallest absolute Gasteiger partial charge is 0.336 e. The van der Waals surface area contributed by atoms with Gasteiger partial charge in [0.15, 0.2) is 0 Å². The van der Waals surface area contributed by atoms with E-state index in [-0.39, 0.29) is 0 Å². The van der Waals surface area contributed by atoms with E-state index in [4.69, 9.17) is 4.84 Å². The van der Waals surface area contributed by atoms with E-state index in [9.17, 15) is 9.90 Å². The molecule has 0 radical (unpaired) electrons. The normalized spacial score (nSPS) is 11.6. The van der Waals surface area contributed by atoms with Gasteiger partial charge in [-0.25, -0.2) is 4.79 Å². The van der Waals surface area contributed by atoms with Crippen molar-refractivity contribution in [2.45, 2.75) is 13.5 Å². The molecule has 0 spiro atoms. The summed E-state index contributed by atoms with van der Waals surface area (Å²) in [5.74, 6) is -0.919. The molecule has 0 saturated heterocycles. The highest BCUT2D eigenvalue weighted by Crippen LogP contribution is 2.22. The molecule has 0 unspecified atom stereocenters. The summed E-state index contributed by atoms with van der Waals surface area (Å²) in [5, 5.41) is 10.1. The standard InChI is InChI=1S/C26H24N2O3/c1-2-24(21-13-11-20(12-14-21)19-7-4-3-5-8-19)27-31-18-17-28-16-15-22-23(26(29)30)9-6-10-25(22)28/h2-16,27H,17-18H2,1H3,(H,29,30). The van der Waals surface area contributed by atoms with Crippen molar-refractivity contribution in [2.24, 2.45) is 0 Å². The molecule has 3 aromatic carbocycles. The van der Waals surface area contributed by atoms with Crippen LogP contribution in [0.3, 0.4) is 0 Å². The van der Waals surface area contributed by atoms with Crippen molar-refractivity contribution in [3.05, 3.63) is 102 Å². The fourth-order valence-electron chi connectivity index (χ4n) is 3.64. The van der Waals surface area contributed by atoms with Crippen molar-refractivity contribution in [2.75, 3.05) is 6.61 Å². The van der Waals surface area contributed by atoms with Crippen LogP contribution in [0.25, 0.3) is 27.7 Å². The molecule has 0 aliphatic rings. The topological polar surface area (TPSA) is 63.5 Å². The van der Waals surface area contributed by atoms with E-state index in [0.717, 1.165) is 22.2 Å². The third-order valence-electron chi connectivity index (χ3n) is 5.25. The Morgan fingerprint density at radius 1 is 0.968 bits per heavy atom. The Hall–Kier alpha value is -3.83. The average molecular weight is 412 g/mol. The number of allylic oxidation sites excluding steroid dienone is 1. The molecule has 0 fully saturated rings. The highest BCUT2D eigenvalue weighted by atomic mass is 16.6. The van der Waals surface area contributed by atoms with Crippen molar-refractivity contribution in [1.29, 1.82) is 0 Å². The van der Waals surface area contributed by atoms with Crippen molar-refractivity contribution in [3.63, 3.8) is 0 Å². The van der Waals surface area contributed by atoms with Gasteiger partial charge in [0.25, 0.3) is 0 Å². The lowest BCUT2D eigenvalue weighted by atomic mass is 10.0. The minimum absolute atomic E-state index is 0.311. The molecular weight excluding hydrogens is 388 g/mol. The van der Waals surface area contributed by atoms with E-state index in [0.29, 0.717) is 18.7 Å². The van der Waals surface area contributed by atoms with Gasteiger partial charge in [0.1, 0.15) is 0 Å². The van der Waals surface area contributed by atoms with Crippen molar-refractivity contribution < 1.29 is 14.7 Å². The molecular formula is C26H24N2O3. The van der Waals surface area contributed by atoms with Crippen molar-refractivity contribution in [1.82, 2.24) is 10.0 Å². The van der Waals surface area contributed by atoms with Crippen LogP contribution in [0, 0.1) is 0 Å². The van der Waals surface area contributed by atoms with Crippen LogP contribution in [0.15, 0.2) is 91.1 Å². The third kappa shape index (κ3) is 4.52. The summed E-state index contributed by atoms with van der Waals surface area (Å²) in [6.07, 6.45) is 3.86. The first-order valence-electron chi connectivity index (χ1n) is 10.2. The number of hydrogen-bond donors (Lipinski definition) is 2. The van der Waals surface area contributed by atoms with E-state index in [1.54, 1.807) is 12.1 Å². The molecule has 31 heavy (non-hydrogen) atoms. The number of aromatic nitrogens is 1. The van der Waals surface area contributed by atoms with Gasteiger partial charge in [-0.3, -0.25) is 10.3 Å². The Morgan fingerprint density at radius 3 is 2.42 bits per heavy atom. The highest BCUT2D eigenvalue weighted by molar-refractivity contribution is 6.02. The van der Waals surface area contributed by atoms with Crippen LogP contribution < -0.4 is 5.48 Å². The maximum Gasteiger partial charge on any atom is 0.336 e. The van der Waals surface area contributed by atoms with E-state index >= 15 is 0 Å². The summed E-state index contributed by atoms with van der Waals surface area (Å²) < 4.78 is 1.99. The largest absolute Gasteiger partial charge is 0.478 e. The number of hydroxylamine groups is 1. The predicted octanol–water partition coefficient (Wildman–Crippen LogP) is 5.59. The monoisotopic (exact) mass is 412 g/mol. The number of hydrogen-bond acceptors (Lipinski definition) is 3. The van der Waals surface area contributed by atoms with Crippen LogP contribution >= 0.6 is 0 Å².